The van der Waals surface area contributed by atoms with Crippen molar-refractivity contribution in [1.29, 1.82) is 0 Å². The van der Waals surface area contributed by atoms with E-state index in [-0.39, 0.29) is 23.4 Å². The van der Waals surface area contributed by atoms with Crippen molar-refractivity contribution >= 4 is 27.9 Å². The van der Waals surface area contributed by atoms with Crippen molar-refractivity contribution in [3.8, 4) is 0 Å². The number of halogens is 3. The summed E-state index contributed by atoms with van der Waals surface area (Å²) in [7, 11) is 0. The van der Waals surface area contributed by atoms with Crippen LogP contribution in [-0.4, -0.2) is 21.0 Å². The van der Waals surface area contributed by atoms with Gasteiger partial charge in [-0.15, -0.1) is 0 Å². The van der Waals surface area contributed by atoms with Crippen molar-refractivity contribution in [3.63, 3.8) is 0 Å². The van der Waals surface area contributed by atoms with Gasteiger partial charge in [-0.25, -0.2) is 4.98 Å². The number of aromatic nitrogens is 3. The van der Waals surface area contributed by atoms with Gasteiger partial charge in [-0.1, -0.05) is 53.7 Å². The van der Waals surface area contributed by atoms with Crippen LogP contribution in [0.5, 0.6) is 0 Å². The highest BCUT2D eigenvalue weighted by molar-refractivity contribution is 5.86. The Labute approximate surface area is 185 Å². The van der Waals surface area contributed by atoms with E-state index >= 15 is 0 Å². The standard InChI is InChI=1S/C24H17F3N4O2/c25-24(26,27)23-28-17-11-10-15(12-19(17)29-23)22(14-6-2-1-3-7-14)30-21(32)13-18-16-8-4-5-9-20(16)33-31-18/h1-12,22H,13H2,(H,28,29)(H,30,32). The smallest absolute Gasteiger partial charge is 0.356 e. The molecule has 0 fully saturated rings. The van der Waals surface area contributed by atoms with E-state index in [2.05, 4.69) is 20.4 Å². The quantitative estimate of drug-likeness (QED) is 0.387. The van der Waals surface area contributed by atoms with Gasteiger partial charge in [0, 0.05) is 5.39 Å². The normalized spacial score (nSPS) is 12.8. The van der Waals surface area contributed by atoms with Crippen LogP contribution in [0.25, 0.3) is 22.0 Å². The molecule has 1 amide bonds. The predicted molar refractivity (Wildman–Crippen MR) is 115 cm³/mol. The summed E-state index contributed by atoms with van der Waals surface area (Å²) in [6.45, 7) is 0. The molecule has 5 aromatic rings. The van der Waals surface area contributed by atoms with Crippen LogP contribution >= 0.6 is 0 Å². The lowest BCUT2D eigenvalue weighted by Crippen LogP contribution is -2.30. The first kappa shape index (κ1) is 20.7. The highest BCUT2D eigenvalue weighted by Gasteiger charge is 2.34. The van der Waals surface area contributed by atoms with E-state index in [1.54, 1.807) is 18.2 Å². The molecule has 0 bridgehead atoms. The Hall–Kier alpha value is -4.14. The Balaban J connectivity index is 1.47. The zero-order chi connectivity index (χ0) is 23.0. The predicted octanol–water partition coefficient (Wildman–Crippen LogP) is 5.17. The molecular formula is C24H17F3N4O2. The molecule has 0 radical (unpaired) electrons. The molecule has 2 N–H and O–H groups in total. The summed E-state index contributed by atoms with van der Waals surface area (Å²) in [6.07, 6.45) is -4.59. The summed E-state index contributed by atoms with van der Waals surface area (Å²) >= 11 is 0. The largest absolute Gasteiger partial charge is 0.449 e. The Morgan fingerprint density at radius 1 is 1.00 bits per heavy atom. The summed E-state index contributed by atoms with van der Waals surface area (Å²) in [5.41, 5.74) is 2.92. The second kappa shape index (κ2) is 8.09. The molecular weight excluding hydrogens is 433 g/mol. The number of hydrogen-bond acceptors (Lipinski definition) is 4. The molecule has 1 atom stereocenters. The van der Waals surface area contributed by atoms with Gasteiger partial charge in [0.2, 0.25) is 11.7 Å². The Morgan fingerprint density at radius 2 is 1.76 bits per heavy atom. The molecule has 5 rings (SSSR count). The van der Waals surface area contributed by atoms with Crippen LogP contribution < -0.4 is 5.32 Å². The number of para-hydroxylation sites is 1. The van der Waals surface area contributed by atoms with E-state index in [1.807, 2.05) is 48.5 Å². The maximum atomic E-state index is 13.0. The van der Waals surface area contributed by atoms with Crippen molar-refractivity contribution < 1.29 is 22.5 Å². The number of H-pyrrole nitrogens is 1. The average Bonchev–Trinajstić information content (AvgIpc) is 3.42. The number of amides is 1. The van der Waals surface area contributed by atoms with Crippen molar-refractivity contribution in [2.75, 3.05) is 0 Å². The van der Waals surface area contributed by atoms with Crippen molar-refractivity contribution in [2.24, 2.45) is 0 Å². The summed E-state index contributed by atoms with van der Waals surface area (Å²) in [6, 6.07) is 20.6. The van der Waals surface area contributed by atoms with Crippen LogP contribution in [0.1, 0.15) is 28.7 Å². The van der Waals surface area contributed by atoms with Crippen LogP contribution in [0.4, 0.5) is 13.2 Å². The first-order valence-corrected chi connectivity index (χ1v) is 10.1. The molecule has 3 aromatic carbocycles. The van der Waals surface area contributed by atoms with Crippen molar-refractivity contribution in [1.82, 2.24) is 20.4 Å². The number of carbonyl (C=O) groups is 1. The van der Waals surface area contributed by atoms with Gasteiger partial charge in [-0.2, -0.15) is 13.2 Å². The summed E-state index contributed by atoms with van der Waals surface area (Å²) in [4.78, 5) is 18.9. The van der Waals surface area contributed by atoms with Crippen LogP contribution in [0, 0.1) is 0 Å². The van der Waals surface area contributed by atoms with Gasteiger partial charge >= 0.3 is 6.18 Å². The van der Waals surface area contributed by atoms with Crippen LogP contribution in [0.3, 0.4) is 0 Å². The number of rotatable bonds is 5. The molecule has 0 spiro atoms. The van der Waals surface area contributed by atoms with Crippen molar-refractivity contribution in [2.45, 2.75) is 18.6 Å². The van der Waals surface area contributed by atoms with Crippen molar-refractivity contribution in [3.05, 3.63) is 95.4 Å². The Bertz CT molecular complexity index is 1440. The van der Waals surface area contributed by atoms with Gasteiger partial charge < -0.3 is 14.8 Å². The maximum absolute atomic E-state index is 13.0. The summed E-state index contributed by atoms with van der Waals surface area (Å²) < 4.78 is 44.4. The molecule has 0 aliphatic heterocycles. The number of nitrogens with zero attached hydrogens (tertiary/aromatic N) is 2. The Morgan fingerprint density at radius 3 is 2.55 bits per heavy atom. The average molecular weight is 450 g/mol. The van der Waals surface area contributed by atoms with Crippen LogP contribution in [0.15, 0.2) is 77.3 Å². The lowest BCUT2D eigenvalue weighted by Gasteiger charge is -2.20. The maximum Gasteiger partial charge on any atom is 0.449 e. The minimum absolute atomic E-state index is 0.00906. The van der Waals surface area contributed by atoms with E-state index in [4.69, 9.17) is 4.52 Å². The molecule has 1 unspecified atom stereocenters. The zero-order valence-electron chi connectivity index (χ0n) is 17.1. The third kappa shape index (κ3) is 4.17. The van der Waals surface area contributed by atoms with E-state index in [0.717, 1.165) is 10.9 Å². The van der Waals surface area contributed by atoms with Gasteiger partial charge in [-0.3, -0.25) is 4.79 Å². The molecule has 0 aliphatic rings. The van der Waals surface area contributed by atoms with Gasteiger partial charge in [0.05, 0.1) is 23.5 Å². The molecule has 2 aromatic heterocycles. The third-order valence-electron chi connectivity index (χ3n) is 5.33. The first-order chi connectivity index (χ1) is 15.9. The topological polar surface area (TPSA) is 83.8 Å². The fourth-order valence-corrected chi connectivity index (χ4v) is 3.78. The number of aromatic amines is 1. The molecule has 6 nitrogen and oxygen atoms in total. The fourth-order valence-electron chi connectivity index (χ4n) is 3.78. The lowest BCUT2D eigenvalue weighted by molar-refractivity contribution is -0.144. The van der Waals surface area contributed by atoms with Gasteiger partial charge in [-0.05, 0) is 35.4 Å². The van der Waals surface area contributed by atoms with Crippen LogP contribution in [0.2, 0.25) is 0 Å². The SMILES string of the molecule is O=C(Cc1noc2ccccc12)NC(c1ccccc1)c1ccc2nc(C(F)(F)F)[nH]c2c1. The molecule has 2 heterocycles. The zero-order valence-corrected chi connectivity index (χ0v) is 17.1. The number of nitrogens with one attached hydrogen (secondary N) is 2. The number of hydrogen-bond donors (Lipinski definition) is 2. The number of benzene rings is 3. The minimum atomic E-state index is -4.58. The van der Waals surface area contributed by atoms with E-state index in [1.165, 1.54) is 6.07 Å². The monoisotopic (exact) mass is 450 g/mol. The molecule has 0 saturated carbocycles. The number of imidazole rings is 1. The van der Waals surface area contributed by atoms with E-state index in [0.29, 0.717) is 16.8 Å². The molecule has 33 heavy (non-hydrogen) atoms. The Kier molecular flexibility index (Phi) is 5.08. The number of fused-ring (bicyclic) bond motifs is 2. The van der Waals surface area contributed by atoms with E-state index in [9.17, 15) is 18.0 Å². The highest BCUT2D eigenvalue weighted by atomic mass is 19.4. The second-order valence-corrected chi connectivity index (χ2v) is 7.57. The highest BCUT2D eigenvalue weighted by Crippen LogP contribution is 2.30. The first-order valence-electron chi connectivity index (χ1n) is 10.1. The third-order valence-corrected chi connectivity index (χ3v) is 5.33. The minimum Gasteiger partial charge on any atom is -0.356 e. The lowest BCUT2D eigenvalue weighted by atomic mass is 9.98. The molecule has 166 valence electrons. The van der Waals surface area contributed by atoms with Gasteiger partial charge in [0.25, 0.3) is 0 Å². The molecule has 0 saturated heterocycles. The molecule has 9 heteroatoms. The summed E-state index contributed by atoms with van der Waals surface area (Å²) in [5.74, 6) is -1.36. The number of alkyl halides is 3. The van der Waals surface area contributed by atoms with Crippen LogP contribution in [-0.2, 0) is 17.4 Å². The number of carbonyl (C=O) groups excluding carboxylic acids is 1. The second-order valence-electron chi connectivity index (χ2n) is 7.57. The summed E-state index contributed by atoms with van der Waals surface area (Å²) in [5, 5.41) is 7.73. The van der Waals surface area contributed by atoms with Gasteiger partial charge in [0.15, 0.2) is 5.58 Å². The van der Waals surface area contributed by atoms with E-state index < -0.39 is 18.0 Å². The fraction of sp³-hybridized carbons (Fsp3) is 0.125. The molecule has 0 aliphatic carbocycles. The van der Waals surface area contributed by atoms with Gasteiger partial charge in [0.1, 0.15) is 5.69 Å².